The Hall–Kier alpha value is -1.56. The molecule has 1 aromatic heterocycles. The molecule has 0 aliphatic heterocycles. The van der Waals surface area contributed by atoms with Crippen LogP contribution in [0.4, 0.5) is 10.7 Å². The van der Waals surface area contributed by atoms with Gasteiger partial charge in [0.2, 0.25) is 5.95 Å². The summed E-state index contributed by atoms with van der Waals surface area (Å²) in [6, 6.07) is 5.46. The Labute approximate surface area is 93.9 Å². The van der Waals surface area contributed by atoms with Crippen molar-refractivity contribution in [1.29, 1.82) is 0 Å². The lowest BCUT2D eigenvalue weighted by molar-refractivity contribution is -0.246. The molecule has 0 unspecified atom stereocenters. The first-order valence-corrected chi connectivity index (χ1v) is 4.97. The van der Waals surface area contributed by atoms with Crippen molar-refractivity contribution in [3.63, 3.8) is 0 Å². The van der Waals surface area contributed by atoms with Gasteiger partial charge in [-0.2, -0.15) is 0 Å². The monoisotopic (exact) mass is 268 g/mol. The number of carbonyl (C=O) groups excluding carboxylic acids is 1. The van der Waals surface area contributed by atoms with E-state index in [0.717, 1.165) is 14.9 Å². The Morgan fingerprint density at radius 3 is 3.00 bits per heavy atom. The zero-order chi connectivity index (χ0) is 11.0. The van der Waals surface area contributed by atoms with Gasteiger partial charge in [-0.3, -0.25) is 0 Å². The van der Waals surface area contributed by atoms with E-state index < -0.39 is 6.09 Å². The number of anilines is 1. The van der Waals surface area contributed by atoms with E-state index in [4.69, 9.17) is 0 Å². The molecule has 0 aliphatic carbocycles. The molecule has 0 saturated carbocycles. The van der Waals surface area contributed by atoms with E-state index in [2.05, 4.69) is 25.9 Å². The highest BCUT2D eigenvalue weighted by molar-refractivity contribution is 9.10. The first-order valence-electron chi connectivity index (χ1n) is 4.18. The van der Waals surface area contributed by atoms with Crippen LogP contribution >= 0.6 is 15.9 Å². The molecule has 0 saturated heterocycles. The highest BCUT2D eigenvalue weighted by Crippen LogP contribution is 2.20. The molecular weight excluding hydrogens is 262 g/mol. The maximum Gasteiger partial charge on any atom is 0.209 e. The standard InChI is InChI=1S/C9H8BrN3O2/c1-13(9(14)15)8-11-6-3-2-5(10)4-7(6)12-8/h2-4H,1H3,(H,11,12)(H,14,15)/p-1. The van der Waals surface area contributed by atoms with Gasteiger partial charge in [0.25, 0.3) is 0 Å². The van der Waals surface area contributed by atoms with E-state index in [9.17, 15) is 9.90 Å². The number of amides is 1. The van der Waals surface area contributed by atoms with Crippen LogP contribution in [-0.2, 0) is 0 Å². The van der Waals surface area contributed by atoms with Crippen molar-refractivity contribution in [2.75, 3.05) is 11.9 Å². The van der Waals surface area contributed by atoms with E-state index in [-0.39, 0.29) is 5.95 Å². The Balaban J connectivity index is 2.51. The molecule has 6 heteroatoms. The molecule has 2 aromatic rings. The molecule has 0 spiro atoms. The van der Waals surface area contributed by atoms with Crippen LogP contribution in [0.15, 0.2) is 22.7 Å². The summed E-state index contributed by atoms with van der Waals surface area (Å²) >= 11 is 3.32. The van der Waals surface area contributed by atoms with E-state index in [0.29, 0.717) is 5.52 Å². The minimum absolute atomic E-state index is 0.253. The number of hydrogen-bond donors (Lipinski definition) is 1. The van der Waals surface area contributed by atoms with E-state index >= 15 is 0 Å². The third-order valence-corrected chi connectivity index (χ3v) is 2.52. The van der Waals surface area contributed by atoms with Crippen LogP contribution in [0.25, 0.3) is 11.0 Å². The highest BCUT2D eigenvalue weighted by atomic mass is 79.9. The minimum atomic E-state index is -1.30. The zero-order valence-electron chi connectivity index (χ0n) is 7.82. The minimum Gasteiger partial charge on any atom is -0.530 e. The summed E-state index contributed by atoms with van der Waals surface area (Å²) in [4.78, 5) is 18.5. The normalized spacial score (nSPS) is 10.5. The number of benzene rings is 1. The third-order valence-electron chi connectivity index (χ3n) is 2.02. The van der Waals surface area contributed by atoms with Crippen LogP contribution in [0.3, 0.4) is 0 Å². The maximum absolute atomic E-state index is 10.6. The number of aromatic nitrogens is 2. The fraction of sp³-hybridized carbons (Fsp3) is 0.111. The molecule has 0 fully saturated rings. The van der Waals surface area contributed by atoms with E-state index in [1.54, 1.807) is 6.07 Å². The number of nitrogens with zero attached hydrogens (tertiary/aromatic N) is 2. The Morgan fingerprint density at radius 2 is 2.33 bits per heavy atom. The number of H-pyrrole nitrogens is 1. The molecule has 0 atom stereocenters. The molecule has 0 radical (unpaired) electrons. The molecule has 0 aliphatic rings. The lowest BCUT2D eigenvalue weighted by Crippen LogP contribution is -2.38. The second kappa shape index (κ2) is 3.54. The number of halogens is 1. The second-order valence-corrected chi connectivity index (χ2v) is 3.96. The number of hydrogen-bond acceptors (Lipinski definition) is 3. The van der Waals surface area contributed by atoms with Crippen LogP contribution in [0.5, 0.6) is 0 Å². The van der Waals surface area contributed by atoms with Gasteiger partial charge in [0, 0.05) is 11.5 Å². The summed E-state index contributed by atoms with van der Waals surface area (Å²) in [6.45, 7) is 0. The molecular formula is C9H7BrN3O2-. The predicted molar refractivity (Wildman–Crippen MR) is 57.6 cm³/mol. The van der Waals surface area contributed by atoms with Gasteiger partial charge in [-0.15, -0.1) is 0 Å². The fourth-order valence-corrected chi connectivity index (χ4v) is 1.57. The Bertz CT molecular complexity index is 523. The van der Waals surface area contributed by atoms with Crippen molar-refractivity contribution in [1.82, 2.24) is 9.97 Å². The molecule has 1 aromatic carbocycles. The van der Waals surface area contributed by atoms with Gasteiger partial charge < -0.3 is 19.8 Å². The fourth-order valence-electron chi connectivity index (χ4n) is 1.21. The predicted octanol–water partition coefficient (Wildman–Crippen LogP) is 1.10. The molecule has 78 valence electrons. The first-order chi connectivity index (χ1) is 7.08. The van der Waals surface area contributed by atoms with Crippen molar-refractivity contribution < 1.29 is 9.90 Å². The van der Waals surface area contributed by atoms with Gasteiger partial charge in [0.15, 0.2) is 0 Å². The summed E-state index contributed by atoms with van der Waals surface area (Å²) in [5.74, 6) is 0.253. The quantitative estimate of drug-likeness (QED) is 0.842. The van der Waals surface area contributed by atoms with Crippen LogP contribution < -0.4 is 10.0 Å². The topological polar surface area (TPSA) is 72.1 Å². The van der Waals surface area contributed by atoms with Crippen molar-refractivity contribution in [2.24, 2.45) is 0 Å². The number of aromatic amines is 1. The SMILES string of the molecule is CN(C(=O)[O-])c1nc2ccc(Br)cc2[nH]1. The maximum atomic E-state index is 10.6. The number of carbonyl (C=O) groups is 1. The molecule has 1 heterocycles. The average Bonchev–Trinajstić information content (AvgIpc) is 2.58. The summed E-state index contributed by atoms with van der Waals surface area (Å²) in [6.07, 6.45) is -1.30. The number of fused-ring (bicyclic) bond motifs is 1. The third kappa shape index (κ3) is 1.80. The lowest BCUT2D eigenvalue weighted by Gasteiger charge is -2.15. The lowest BCUT2D eigenvalue weighted by atomic mass is 10.3. The Morgan fingerprint density at radius 1 is 1.60 bits per heavy atom. The van der Waals surface area contributed by atoms with Gasteiger partial charge in [0.05, 0.1) is 11.0 Å². The highest BCUT2D eigenvalue weighted by Gasteiger charge is 2.07. The van der Waals surface area contributed by atoms with Crippen LogP contribution in [0, 0.1) is 0 Å². The smallest absolute Gasteiger partial charge is 0.209 e. The van der Waals surface area contributed by atoms with Crippen LogP contribution in [-0.4, -0.2) is 23.1 Å². The van der Waals surface area contributed by atoms with Gasteiger partial charge in [0.1, 0.15) is 6.09 Å². The van der Waals surface area contributed by atoms with Crippen molar-refractivity contribution in [2.45, 2.75) is 0 Å². The summed E-state index contributed by atoms with van der Waals surface area (Å²) in [5.41, 5.74) is 1.48. The zero-order valence-corrected chi connectivity index (χ0v) is 9.41. The second-order valence-electron chi connectivity index (χ2n) is 3.05. The van der Waals surface area contributed by atoms with Crippen molar-refractivity contribution in [3.05, 3.63) is 22.7 Å². The molecule has 2 rings (SSSR count). The summed E-state index contributed by atoms with van der Waals surface area (Å²) in [7, 11) is 1.38. The average molecular weight is 269 g/mol. The van der Waals surface area contributed by atoms with E-state index in [1.807, 2.05) is 12.1 Å². The number of rotatable bonds is 1. The molecule has 1 N–H and O–H groups in total. The van der Waals surface area contributed by atoms with Gasteiger partial charge in [-0.05, 0) is 18.2 Å². The van der Waals surface area contributed by atoms with Gasteiger partial charge >= 0.3 is 0 Å². The van der Waals surface area contributed by atoms with Gasteiger partial charge in [-0.25, -0.2) is 4.98 Å². The largest absolute Gasteiger partial charge is 0.530 e. The molecule has 5 nitrogen and oxygen atoms in total. The Kier molecular flexibility index (Phi) is 2.36. The van der Waals surface area contributed by atoms with Crippen LogP contribution in [0.1, 0.15) is 0 Å². The van der Waals surface area contributed by atoms with Crippen molar-refractivity contribution in [3.8, 4) is 0 Å². The number of imidazole rings is 1. The molecule has 1 amide bonds. The number of nitrogens with one attached hydrogen (secondary N) is 1. The number of carboxylic acid groups (broad SMARTS) is 1. The van der Waals surface area contributed by atoms with Crippen LogP contribution in [0.2, 0.25) is 0 Å². The molecule has 0 bridgehead atoms. The van der Waals surface area contributed by atoms with E-state index in [1.165, 1.54) is 7.05 Å². The van der Waals surface area contributed by atoms with Crippen molar-refractivity contribution >= 4 is 39.0 Å². The first kappa shape index (κ1) is 9.97. The molecule has 15 heavy (non-hydrogen) atoms. The summed E-state index contributed by atoms with van der Waals surface area (Å²) in [5, 5.41) is 10.6. The van der Waals surface area contributed by atoms with Gasteiger partial charge in [-0.1, -0.05) is 15.9 Å². The summed E-state index contributed by atoms with van der Waals surface area (Å²) < 4.78 is 0.904.